The number of amides is 1. The molecule has 0 N–H and O–H groups in total. The van der Waals surface area contributed by atoms with Crippen molar-refractivity contribution in [2.75, 3.05) is 19.7 Å². The van der Waals surface area contributed by atoms with Crippen LogP contribution in [0, 0.1) is 24.1 Å². The molecule has 1 amide bonds. The lowest BCUT2D eigenvalue weighted by atomic mass is 9.82. The number of hydrogen-bond acceptors (Lipinski definition) is 5. The molecule has 0 aromatic carbocycles. The number of ether oxygens (including phenoxy) is 1. The highest BCUT2D eigenvalue weighted by molar-refractivity contribution is 5.92. The van der Waals surface area contributed by atoms with E-state index in [1.54, 1.807) is 17.3 Å². The minimum atomic E-state index is -0.576. The van der Waals surface area contributed by atoms with Gasteiger partial charge in [-0.2, -0.15) is 0 Å². The fourth-order valence-electron chi connectivity index (χ4n) is 4.16. The molecule has 26 heavy (non-hydrogen) atoms. The van der Waals surface area contributed by atoms with Gasteiger partial charge in [0.15, 0.2) is 11.5 Å². The fraction of sp³-hybridized carbons (Fsp3) is 0.474. The predicted molar refractivity (Wildman–Crippen MR) is 92.1 cm³/mol. The van der Waals surface area contributed by atoms with Gasteiger partial charge in [-0.25, -0.2) is 19.3 Å². The van der Waals surface area contributed by atoms with Gasteiger partial charge < -0.3 is 9.64 Å². The highest BCUT2D eigenvalue weighted by Gasteiger charge is 2.51. The summed E-state index contributed by atoms with van der Waals surface area (Å²) in [5.74, 6) is -0.569. The van der Waals surface area contributed by atoms with Crippen LogP contribution in [-0.2, 0) is 0 Å². The smallest absolute Gasteiger partial charge is 0.316 e. The molecule has 2 aliphatic rings. The number of pyridine rings is 1. The summed E-state index contributed by atoms with van der Waals surface area (Å²) in [6.07, 6.45) is 8.04. The van der Waals surface area contributed by atoms with Gasteiger partial charge in [-0.05, 0) is 43.4 Å². The Hall–Kier alpha value is -2.57. The third-order valence-electron chi connectivity index (χ3n) is 5.53. The molecule has 1 aliphatic carbocycles. The van der Waals surface area contributed by atoms with Gasteiger partial charge in [0.25, 0.3) is 5.91 Å². The number of carbonyl (C=O) groups is 1. The van der Waals surface area contributed by atoms with Crippen molar-refractivity contribution in [2.24, 2.45) is 11.3 Å². The molecule has 1 saturated carbocycles. The van der Waals surface area contributed by atoms with Crippen LogP contribution in [0.1, 0.15) is 35.3 Å². The lowest BCUT2D eigenvalue weighted by molar-refractivity contribution is 0.0732. The summed E-state index contributed by atoms with van der Waals surface area (Å²) in [6.45, 7) is 3.56. The highest BCUT2D eigenvalue weighted by Crippen LogP contribution is 2.49. The van der Waals surface area contributed by atoms with Gasteiger partial charge in [-0.1, -0.05) is 6.42 Å². The van der Waals surface area contributed by atoms with Crippen LogP contribution < -0.4 is 4.74 Å². The summed E-state index contributed by atoms with van der Waals surface area (Å²) in [6, 6.07) is 3.11. The van der Waals surface area contributed by atoms with Crippen molar-refractivity contribution < 1.29 is 13.9 Å². The van der Waals surface area contributed by atoms with Crippen LogP contribution in [0.5, 0.6) is 6.01 Å². The lowest BCUT2D eigenvalue weighted by Crippen LogP contribution is -2.36. The molecule has 2 aromatic rings. The zero-order valence-electron chi connectivity index (χ0n) is 14.7. The molecule has 1 saturated heterocycles. The molecule has 0 bridgehead atoms. The van der Waals surface area contributed by atoms with Crippen LogP contribution in [0.3, 0.4) is 0 Å². The van der Waals surface area contributed by atoms with E-state index in [1.165, 1.54) is 18.3 Å². The summed E-state index contributed by atoms with van der Waals surface area (Å²) in [7, 11) is 0. The largest absolute Gasteiger partial charge is 0.463 e. The minimum absolute atomic E-state index is 0.106. The van der Waals surface area contributed by atoms with E-state index >= 15 is 0 Å². The van der Waals surface area contributed by atoms with Crippen molar-refractivity contribution in [3.05, 3.63) is 47.8 Å². The Labute approximate surface area is 151 Å². The molecule has 0 spiro atoms. The van der Waals surface area contributed by atoms with E-state index in [0.29, 0.717) is 31.6 Å². The van der Waals surface area contributed by atoms with Gasteiger partial charge in [-0.3, -0.25) is 4.79 Å². The van der Waals surface area contributed by atoms with Crippen LogP contribution in [0.15, 0.2) is 30.7 Å². The number of aromatic nitrogens is 3. The Morgan fingerprint density at radius 1 is 1.38 bits per heavy atom. The van der Waals surface area contributed by atoms with Gasteiger partial charge in [0.1, 0.15) is 0 Å². The number of rotatable bonds is 4. The monoisotopic (exact) mass is 356 g/mol. The second-order valence-electron chi connectivity index (χ2n) is 7.30. The maximum atomic E-state index is 13.9. The second kappa shape index (κ2) is 6.63. The fourth-order valence-corrected chi connectivity index (χ4v) is 4.16. The van der Waals surface area contributed by atoms with Crippen LogP contribution in [0.4, 0.5) is 4.39 Å². The van der Waals surface area contributed by atoms with Crippen LogP contribution in [0.25, 0.3) is 0 Å². The maximum absolute atomic E-state index is 13.9. The van der Waals surface area contributed by atoms with E-state index in [0.717, 1.165) is 24.8 Å². The molecule has 2 unspecified atom stereocenters. The number of halogens is 1. The standard InChI is InChI=1S/C19H21FN4O2/c1-13-8-22-18(23-9-13)26-12-19-6-2-4-14(19)10-24(11-19)17(25)16-15(20)5-3-7-21-16/h3,5,7-9,14H,2,4,6,10-12H2,1H3. The number of fused-ring (bicyclic) bond motifs is 1. The van der Waals surface area contributed by atoms with Gasteiger partial charge in [0.05, 0.1) is 6.61 Å². The first-order valence-corrected chi connectivity index (χ1v) is 8.89. The molecule has 4 rings (SSSR count). The topological polar surface area (TPSA) is 68.2 Å². The van der Waals surface area contributed by atoms with Crippen molar-refractivity contribution in [3.63, 3.8) is 0 Å². The van der Waals surface area contributed by atoms with Crippen LogP contribution in [0.2, 0.25) is 0 Å². The van der Waals surface area contributed by atoms with Crippen molar-refractivity contribution in [3.8, 4) is 6.01 Å². The number of likely N-dealkylation sites (tertiary alicyclic amines) is 1. The summed E-state index contributed by atoms with van der Waals surface area (Å²) in [5, 5.41) is 0. The normalized spacial score (nSPS) is 24.5. The van der Waals surface area contributed by atoms with Crippen molar-refractivity contribution in [1.82, 2.24) is 19.9 Å². The predicted octanol–water partition coefficient (Wildman–Crippen LogP) is 2.64. The Bertz CT molecular complexity index is 813. The molecule has 136 valence electrons. The molecule has 2 fully saturated rings. The molecule has 1 aliphatic heterocycles. The molecule has 6 nitrogen and oxygen atoms in total. The SMILES string of the molecule is Cc1cnc(OCC23CCCC2CN(C(=O)c2ncccc2F)C3)nc1. The Balaban J connectivity index is 1.48. The summed E-state index contributed by atoms with van der Waals surface area (Å²) >= 11 is 0. The Morgan fingerprint density at radius 3 is 2.96 bits per heavy atom. The number of hydrogen-bond donors (Lipinski definition) is 0. The van der Waals surface area contributed by atoms with E-state index in [9.17, 15) is 9.18 Å². The van der Waals surface area contributed by atoms with E-state index in [1.807, 2.05) is 6.92 Å². The van der Waals surface area contributed by atoms with Gasteiger partial charge >= 0.3 is 6.01 Å². The van der Waals surface area contributed by atoms with Gasteiger partial charge in [0.2, 0.25) is 0 Å². The molecule has 2 aromatic heterocycles. The molecule has 7 heteroatoms. The first-order chi connectivity index (χ1) is 12.6. The molecular weight excluding hydrogens is 335 g/mol. The van der Waals surface area contributed by atoms with Gasteiger partial charge in [-0.15, -0.1) is 0 Å². The average molecular weight is 356 g/mol. The van der Waals surface area contributed by atoms with E-state index < -0.39 is 5.82 Å². The van der Waals surface area contributed by atoms with E-state index in [-0.39, 0.29) is 17.0 Å². The van der Waals surface area contributed by atoms with Crippen molar-refractivity contribution >= 4 is 5.91 Å². The second-order valence-corrected chi connectivity index (χ2v) is 7.30. The molecule has 0 radical (unpaired) electrons. The van der Waals surface area contributed by atoms with Crippen molar-refractivity contribution in [1.29, 1.82) is 0 Å². The first-order valence-electron chi connectivity index (χ1n) is 8.89. The quantitative estimate of drug-likeness (QED) is 0.842. The Morgan fingerprint density at radius 2 is 2.19 bits per heavy atom. The zero-order valence-corrected chi connectivity index (χ0v) is 14.7. The maximum Gasteiger partial charge on any atom is 0.316 e. The van der Waals surface area contributed by atoms with E-state index in [2.05, 4.69) is 15.0 Å². The summed E-state index contributed by atoms with van der Waals surface area (Å²) in [5.41, 5.74) is 0.754. The minimum Gasteiger partial charge on any atom is -0.463 e. The third kappa shape index (κ3) is 3.02. The van der Waals surface area contributed by atoms with Crippen LogP contribution in [-0.4, -0.2) is 45.5 Å². The summed E-state index contributed by atoms with van der Waals surface area (Å²) in [4.78, 5) is 26.7. The highest BCUT2D eigenvalue weighted by atomic mass is 19.1. The number of aryl methyl sites for hydroxylation is 1. The van der Waals surface area contributed by atoms with E-state index in [4.69, 9.17) is 4.74 Å². The zero-order chi connectivity index (χ0) is 18.1. The number of carbonyl (C=O) groups excluding carboxylic acids is 1. The van der Waals surface area contributed by atoms with Crippen molar-refractivity contribution in [2.45, 2.75) is 26.2 Å². The summed E-state index contributed by atoms with van der Waals surface area (Å²) < 4.78 is 19.8. The molecule has 2 atom stereocenters. The van der Waals surface area contributed by atoms with Crippen LogP contribution >= 0.6 is 0 Å². The molecule has 3 heterocycles. The Kier molecular flexibility index (Phi) is 4.30. The molecular formula is C19H21FN4O2. The third-order valence-corrected chi connectivity index (χ3v) is 5.53. The first kappa shape index (κ1) is 16.9. The average Bonchev–Trinajstić information content (AvgIpc) is 3.18. The number of nitrogens with zero attached hydrogens (tertiary/aromatic N) is 4. The van der Waals surface area contributed by atoms with Gasteiger partial charge in [0, 0.05) is 37.1 Å². The lowest BCUT2D eigenvalue weighted by Gasteiger charge is -2.28.